The van der Waals surface area contributed by atoms with E-state index >= 15 is 0 Å². The lowest BCUT2D eigenvalue weighted by Crippen LogP contribution is -2.39. The fourth-order valence-electron chi connectivity index (χ4n) is 3.80. The lowest BCUT2D eigenvalue weighted by Gasteiger charge is -2.27. The maximum atomic E-state index is 12.9. The lowest BCUT2D eigenvalue weighted by molar-refractivity contribution is -0.146. The molecule has 2 aromatic carbocycles. The number of benzene rings is 2. The van der Waals surface area contributed by atoms with Gasteiger partial charge in [0.25, 0.3) is 5.91 Å². The summed E-state index contributed by atoms with van der Waals surface area (Å²) in [5.74, 6) is 0.143. The van der Waals surface area contributed by atoms with Crippen molar-refractivity contribution >= 4 is 11.9 Å². The highest BCUT2D eigenvalue weighted by atomic mass is 16.5. The van der Waals surface area contributed by atoms with Gasteiger partial charge in [0.05, 0.1) is 25.7 Å². The Morgan fingerprint density at radius 2 is 1.66 bits per heavy atom. The van der Waals surface area contributed by atoms with E-state index < -0.39 is 0 Å². The minimum absolute atomic E-state index is 0.0422. The van der Waals surface area contributed by atoms with Crippen LogP contribution in [0.25, 0.3) is 11.1 Å². The van der Waals surface area contributed by atoms with Crippen molar-refractivity contribution in [2.45, 2.75) is 38.3 Å². The molecule has 0 heterocycles. The molecule has 0 aliphatic heterocycles. The Bertz CT molecular complexity index is 856. The molecule has 6 heteroatoms. The first-order valence-corrected chi connectivity index (χ1v) is 9.91. The van der Waals surface area contributed by atoms with Gasteiger partial charge in [-0.2, -0.15) is 0 Å². The molecule has 1 amide bonds. The van der Waals surface area contributed by atoms with E-state index in [-0.39, 0.29) is 23.8 Å². The number of carbonyl (C=O) groups excluding carboxylic acids is 2. The van der Waals surface area contributed by atoms with Gasteiger partial charge in [-0.25, -0.2) is 0 Å². The molecule has 6 nitrogen and oxygen atoms in total. The highest BCUT2D eigenvalue weighted by Gasteiger charge is 2.28. The van der Waals surface area contributed by atoms with E-state index in [4.69, 9.17) is 15.2 Å². The molecule has 0 bridgehead atoms. The second-order valence-corrected chi connectivity index (χ2v) is 7.36. The summed E-state index contributed by atoms with van der Waals surface area (Å²) in [5.41, 5.74) is 9.18. The van der Waals surface area contributed by atoms with Crippen molar-refractivity contribution in [3.63, 3.8) is 0 Å². The van der Waals surface area contributed by atoms with Crippen molar-refractivity contribution in [3.05, 3.63) is 53.6 Å². The Balaban J connectivity index is 1.73. The summed E-state index contributed by atoms with van der Waals surface area (Å²) < 4.78 is 10.2. The summed E-state index contributed by atoms with van der Waals surface area (Å²) in [6.45, 7) is 0.495. The quantitative estimate of drug-likeness (QED) is 0.731. The zero-order valence-corrected chi connectivity index (χ0v) is 16.9. The molecule has 0 radical (unpaired) electrons. The zero-order chi connectivity index (χ0) is 20.8. The molecule has 1 aliphatic carbocycles. The number of hydrogen-bond acceptors (Lipinski definition) is 5. The van der Waals surface area contributed by atoms with Crippen LogP contribution in [0.3, 0.4) is 0 Å². The standard InChI is InChI=1S/C23H28N2O4/c1-28-21-12-9-18(16-5-3-15(14-24)4-6-16)13-20(21)22(26)25-19-10-7-17(8-11-19)23(27)29-2/h3-6,9,12-13,17,19H,7-8,10-11,14,24H2,1-2H3,(H,25,26). The summed E-state index contributed by atoms with van der Waals surface area (Å²) in [6, 6.07) is 13.6. The van der Waals surface area contributed by atoms with Crippen molar-refractivity contribution < 1.29 is 19.1 Å². The van der Waals surface area contributed by atoms with E-state index in [0.717, 1.165) is 42.4 Å². The molecule has 0 atom stereocenters. The van der Waals surface area contributed by atoms with Gasteiger partial charge in [0, 0.05) is 12.6 Å². The minimum atomic E-state index is -0.163. The SMILES string of the molecule is COC(=O)C1CCC(NC(=O)c2cc(-c3ccc(CN)cc3)ccc2OC)CC1. The molecule has 29 heavy (non-hydrogen) atoms. The molecule has 0 aromatic heterocycles. The molecule has 0 unspecified atom stereocenters. The van der Waals surface area contributed by atoms with Crippen LogP contribution >= 0.6 is 0 Å². The van der Waals surface area contributed by atoms with Crippen LogP contribution in [0.4, 0.5) is 0 Å². The number of hydrogen-bond donors (Lipinski definition) is 2. The Hall–Kier alpha value is -2.86. The van der Waals surface area contributed by atoms with Crippen LogP contribution in [0, 0.1) is 5.92 Å². The zero-order valence-electron chi connectivity index (χ0n) is 16.9. The van der Waals surface area contributed by atoms with Crippen LogP contribution in [-0.4, -0.2) is 32.1 Å². The van der Waals surface area contributed by atoms with Crippen LogP contribution in [-0.2, 0) is 16.1 Å². The molecular formula is C23H28N2O4. The largest absolute Gasteiger partial charge is 0.496 e. The van der Waals surface area contributed by atoms with E-state index in [0.29, 0.717) is 17.9 Å². The molecule has 154 valence electrons. The number of nitrogens with two attached hydrogens (primary N) is 1. The molecule has 3 N–H and O–H groups in total. The van der Waals surface area contributed by atoms with E-state index in [2.05, 4.69) is 5.32 Å². The van der Waals surface area contributed by atoms with Crippen molar-refractivity contribution in [1.29, 1.82) is 0 Å². The van der Waals surface area contributed by atoms with Gasteiger partial charge in [-0.15, -0.1) is 0 Å². The van der Waals surface area contributed by atoms with Gasteiger partial charge in [-0.3, -0.25) is 9.59 Å². The smallest absolute Gasteiger partial charge is 0.308 e. The Morgan fingerprint density at radius 3 is 2.24 bits per heavy atom. The van der Waals surface area contributed by atoms with Gasteiger partial charge >= 0.3 is 5.97 Å². The first-order chi connectivity index (χ1) is 14.0. The second-order valence-electron chi connectivity index (χ2n) is 7.36. The van der Waals surface area contributed by atoms with Crippen LogP contribution in [0.5, 0.6) is 5.75 Å². The second kappa shape index (κ2) is 9.56. The summed E-state index contributed by atoms with van der Waals surface area (Å²) in [7, 11) is 2.97. The highest BCUT2D eigenvalue weighted by Crippen LogP contribution is 2.29. The third kappa shape index (κ3) is 4.95. The topological polar surface area (TPSA) is 90.7 Å². The summed E-state index contributed by atoms with van der Waals surface area (Å²) in [5, 5.41) is 3.10. The molecule has 1 saturated carbocycles. The summed E-state index contributed by atoms with van der Waals surface area (Å²) in [6.07, 6.45) is 2.96. The predicted octanol–water partition coefficient (Wildman–Crippen LogP) is 3.28. The Labute approximate surface area is 171 Å². The van der Waals surface area contributed by atoms with Crippen LogP contribution in [0.2, 0.25) is 0 Å². The van der Waals surface area contributed by atoms with Gasteiger partial charge in [0.1, 0.15) is 5.75 Å². The lowest BCUT2D eigenvalue weighted by atomic mass is 9.86. The molecule has 1 aliphatic rings. The Morgan fingerprint density at radius 1 is 1.00 bits per heavy atom. The molecule has 2 aromatic rings. The molecular weight excluding hydrogens is 368 g/mol. The number of methoxy groups -OCH3 is 2. The first kappa shape index (κ1) is 20.9. The summed E-state index contributed by atoms with van der Waals surface area (Å²) in [4.78, 5) is 24.6. The van der Waals surface area contributed by atoms with Crippen LogP contribution in [0.15, 0.2) is 42.5 Å². The van der Waals surface area contributed by atoms with Gasteiger partial charge in [0.15, 0.2) is 0 Å². The minimum Gasteiger partial charge on any atom is -0.496 e. The fourth-order valence-corrected chi connectivity index (χ4v) is 3.80. The highest BCUT2D eigenvalue weighted by molar-refractivity contribution is 5.98. The van der Waals surface area contributed by atoms with Gasteiger partial charge in [-0.1, -0.05) is 30.3 Å². The third-order valence-electron chi connectivity index (χ3n) is 5.56. The molecule has 0 spiro atoms. The van der Waals surface area contributed by atoms with Crippen LogP contribution < -0.4 is 15.8 Å². The fraction of sp³-hybridized carbons (Fsp3) is 0.391. The van der Waals surface area contributed by atoms with Crippen molar-refractivity contribution in [1.82, 2.24) is 5.32 Å². The molecule has 0 saturated heterocycles. The van der Waals surface area contributed by atoms with Gasteiger partial charge in [-0.05, 0) is 54.5 Å². The third-order valence-corrected chi connectivity index (χ3v) is 5.56. The maximum absolute atomic E-state index is 12.9. The van der Waals surface area contributed by atoms with Crippen LogP contribution in [0.1, 0.15) is 41.6 Å². The molecule has 3 rings (SSSR count). The predicted molar refractivity (Wildman–Crippen MR) is 112 cm³/mol. The average Bonchev–Trinajstić information content (AvgIpc) is 2.78. The first-order valence-electron chi connectivity index (χ1n) is 9.91. The molecule has 1 fully saturated rings. The number of amides is 1. The number of esters is 1. The van der Waals surface area contributed by atoms with E-state index in [1.54, 1.807) is 7.11 Å². The maximum Gasteiger partial charge on any atom is 0.308 e. The van der Waals surface area contributed by atoms with Gasteiger partial charge in [0.2, 0.25) is 0 Å². The Kier molecular flexibility index (Phi) is 6.88. The number of rotatable bonds is 6. The van der Waals surface area contributed by atoms with Crippen molar-refractivity contribution in [2.75, 3.05) is 14.2 Å². The number of nitrogens with one attached hydrogen (secondary N) is 1. The van der Waals surface area contributed by atoms with E-state index in [1.807, 2.05) is 42.5 Å². The normalized spacial score (nSPS) is 18.7. The van der Waals surface area contributed by atoms with Crippen molar-refractivity contribution in [2.24, 2.45) is 11.7 Å². The average molecular weight is 396 g/mol. The summed E-state index contributed by atoms with van der Waals surface area (Å²) >= 11 is 0. The number of carbonyl (C=O) groups is 2. The van der Waals surface area contributed by atoms with E-state index in [1.165, 1.54) is 7.11 Å². The van der Waals surface area contributed by atoms with E-state index in [9.17, 15) is 9.59 Å². The van der Waals surface area contributed by atoms with Crippen molar-refractivity contribution in [3.8, 4) is 16.9 Å². The van der Waals surface area contributed by atoms with Gasteiger partial charge < -0.3 is 20.5 Å². The number of ether oxygens (including phenoxy) is 2. The monoisotopic (exact) mass is 396 g/mol.